The summed E-state index contributed by atoms with van der Waals surface area (Å²) in [4.78, 5) is 43.9. The zero-order valence-electron chi connectivity index (χ0n) is 9.73. The molecule has 0 radical (unpaired) electrons. The smallest absolute Gasteiger partial charge is 0.894 e. The van der Waals surface area contributed by atoms with E-state index >= 15 is 0 Å². The minimum Gasteiger partial charge on any atom is -0.894 e. The third-order valence-corrected chi connectivity index (χ3v) is 0.287. The van der Waals surface area contributed by atoms with E-state index in [1.165, 1.54) is 0 Å². The van der Waals surface area contributed by atoms with Gasteiger partial charge < -0.3 is 38.7 Å². The predicted octanol–water partition coefficient (Wildman–Crippen LogP) is -17.0. The Morgan fingerprint density at radius 3 is 1.33 bits per heavy atom. The molecular formula is C3H7NNa4O6Si. The van der Waals surface area contributed by atoms with Gasteiger partial charge in [0.15, 0.2) is 0 Å². The van der Waals surface area contributed by atoms with Crippen molar-refractivity contribution in [3.63, 3.8) is 0 Å². The van der Waals surface area contributed by atoms with Crippen molar-refractivity contribution >= 4 is 15.1 Å². The van der Waals surface area contributed by atoms with Gasteiger partial charge in [-0.1, -0.05) is 0 Å². The number of carbonyl (C=O) groups excluding carboxylic acids is 1. The monoisotopic (exact) mass is 273 g/mol. The quantitative estimate of drug-likeness (QED) is 0.469. The number of ether oxygens (including phenoxy) is 1. The van der Waals surface area contributed by atoms with Crippen molar-refractivity contribution in [1.82, 2.24) is 0 Å². The van der Waals surface area contributed by atoms with Gasteiger partial charge in [0.2, 0.25) is 0 Å². The van der Waals surface area contributed by atoms with Gasteiger partial charge in [-0.25, -0.2) is 4.79 Å². The molecule has 7 nitrogen and oxygen atoms in total. The molecule has 0 saturated heterocycles. The van der Waals surface area contributed by atoms with Crippen LogP contribution in [-0.4, -0.2) is 21.7 Å². The van der Waals surface area contributed by atoms with Gasteiger partial charge in [0.1, 0.15) is 0 Å². The summed E-state index contributed by atoms with van der Waals surface area (Å²) in [6.07, 6.45) is -0.711. The van der Waals surface area contributed by atoms with Crippen LogP contribution < -0.4 is 143 Å². The molecule has 1 amide bonds. The second-order valence-corrected chi connectivity index (χ2v) is 2.25. The second kappa shape index (κ2) is 22.5. The summed E-state index contributed by atoms with van der Waals surface area (Å²) in [6.45, 7) is 2.06. The average Bonchev–Trinajstić information content (AvgIpc) is 1.58. The molecule has 68 valence electrons. The molecule has 0 rings (SSSR count). The van der Waals surface area contributed by atoms with Crippen molar-refractivity contribution in [3.8, 4) is 0 Å². The third-order valence-electron chi connectivity index (χ3n) is 0.287. The summed E-state index contributed by atoms with van der Waals surface area (Å²) >= 11 is 0. The standard InChI is InChI=1S/C3H7NO2.4Na.O4Si/c1-2-6-3(4)5;;;;;1-5(2,3)4/h2H2,1H3,(H2,4,5);;;;;/q;4*+1;-4. The Labute approximate surface area is 178 Å². The zero-order valence-corrected chi connectivity index (χ0v) is 18.7. The van der Waals surface area contributed by atoms with E-state index < -0.39 is 15.1 Å². The van der Waals surface area contributed by atoms with Gasteiger partial charge in [0, 0.05) is 0 Å². The van der Waals surface area contributed by atoms with Gasteiger partial charge >= 0.3 is 124 Å². The van der Waals surface area contributed by atoms with Gasteiger partial charge in [0.05, 0.1) is 6.61 Å². The van der Waals surface area contributed by atoms with Crippen molar-refractivity contribution in [2.75, 3.05) is 6.61 Å². The number of hydrogen-bond donors (Lipinski definition) is 1. The van der Waals surface area contributed by atoms with Gasteiger partial charge in [-0.05, 0) is 6.92 Å². The normalized spacial score (nSPS) is 7.00. The van der Waals surface area contributed by atoms with Crippen LogP contribution in [0.15, 0.2) is 0 Å². The molecule has 0 spiro atoms. The maximum absolute atomic E-state index is 9.60. The topological polar surface area (TPSA) is 145 Å². The van der Waals surface area contributed by atoms with Crippen LogP contribution in [-0.2, 0) is 4.74 Å². The van der Waals surface area contributed by atoms with Gasteiger partial charge in [0.25, 0.3) is 0 Å². The van der Waals surface area contributed by atoms with E-state index in [1.54, 1.807) is 6.92 Å². The Balaban J connectivity index is -0.0000000215. The van der Waals surface area contributed by atoms with Gasteiger partial charge in [-0.2, -0.15) is 0 Å². The Morgan fingerprint density at radius 1 is 1.13 bits per heavy atom. The number of amides is 1. The Kier molecular flexibility index (Phi) is 54.3. The fourth-order valence-corrected chi connectivity index (χ4v) is 0.142. The summed E-state index contributed by atoms with van der Waals surface area (Å²) in [5.41, 5.74) is 4.54. The number of carbonyl (C=O) groups is 1. The summed E-state index contributed by atoms with van der Waals surface area (Å²) in [7, 11) is -5.61. The summed E-state index contributed by atoms with van der Waals surface area (Å²) in [6, 6.07) is 0. The fourth-order valence-electron chi connectivity index (χ4n) is 0.142. The van der Waals surface area contributed by atoms with Crippen LogP contribution in [0.2, 0.25) is 0 Å². The molecule has 0 aliphatic carbocycles. The van der Waals surface area contributed by atoms with E-state index in [1.807, 2.05) is 0 Å². The molecule has 0 aliphatic heterocycles. The molecule has 0 unspecified atom stereocenters. The second-order valence-electron chi connectivity index (χ2n) is 1.25. The van der Waals surface area contributed by atoms with E-state index in [4.69, 9.17) is 19.2 Å². The largest absolute Gasteiger partial charge is 1.00 e. The average molecular weight is 273 g/mol. The molecular weight excluding hydrogens is 266 g/mol. The fraction of sp³-hybridized carbons (Fsp3) is 0.667. The maximum atomic E-state index is 9.60. The summed E-state index contributed by atoms with van der Waals surface area (Å²) in [5.74, 6) is 0. The first kappa shape index (κ1) is 36.2. The van der Waals surface area contributed by atoms with E-state index in [-0.39, 0.29) is 118 Å². The van der Waals surface area contributed by atoms with Crippen LogP contribution in [0.4, 0.5) is 4.79 Å². The maximum Gasteiger partial charge on any atom is 1.00 e. The number of hydrogen-bond acceptors (Lipinski definition) is 6. The minimum atomic E-state index is -5.61. The molecule has 0 heterocycles. The van der Waals surface area contributed by atoms with E-state index in [0.717, 1.165) is 0 Å². The predicted molar refractivity (Wildman–Crippen MR) is 27.0 cm³/mol. The van der Waals surface area contributed by atoms with Crippen LogP contribution in [0, 0.1) is 0 Å². The molecule has 0 aromatic heterocycles. The van der Waals surface area contributed by atoms with Crippen LogP contribution >= 0.6 is 0 Å². The third kappa shape index (κ3) is 102. The van der Waals surface area contributed by atoms with Crippen molar-refractivity contribution in [2.24, 2.45) is 5.73 Å². The molecule has 0 atom stereocenters. The molecule has 0 aromatic carbocycles. The van der Waals surface area contributed by atoms with Gasteiger partial charge in [-0.3, -0.25) is 0 Å². The zero-order chi connectivity index (χ0) is 9.49. The number of nitrogens with two attached hydrogens (primary N) is 1. The van der Waals surface area contributed by atoms with E-state index in [2.05, 4.69) is 10.5 Å². The molecule has 0 bridgehead atoms. The first-order chi connectivity index (χ1) is 4.77. The van der Waals surface area contributed by atoms with Crippen LogP contribution in [0.1, 0.15) is 6.92 Å². The summed E-state index contributed by atoms with van der Waals surface area (Å²) < 4.78 is 4.18. The molecule has 0 fully saturated rings. The Bertz CT molecular complexity index is 117. The first-order valence-corrected chi connectivity index (χ1v) is 4.14. The molecule has 15 heavy (non-hydrogen) atoms. The van der Waals surface area contributed by atoms with Crippen molar-refractivity contribution in [2.45, 2.75) is 6.92 Å². The molecule has 0 aliphatic rings. The molecule has 0 saturated carbocycles. The number of primary amides is 1. The van der Waals surface area contributed by atoms with E-state index in [9.17, 15) is 4.79 Å². The molecule has 12 heteroatoms. The van der Waals surface area contributed by atoms with Crippen LogP contribution in [0.25, 0.3) is 0 Å². The first-order valence-electron chi connectivity index (χ1n) is 2.51. The van der Waals surface area contributed by atoms with Crippen LogP contribution in [0.5, 0.6) is 0 Å². The Morgan fingerprint density at radius 2 is 1.33 bits per heavy atom. The number of rotatable bonds is 1. The summed E-state index contributed by atoms with van der Waals surface area (Å²) in [5, 5.41) is 0. The van der Waals surface area contributed by atoms with Crippen molar-refractivity contribution in [3.05, 3.63) is 0 Å². The van der Waals surface area contributed by atoms with Crippen molar-refractivity contribution in [1.29, 1.82) is 0 Å². The van der Waals surface area contributed by atoms with E-state index in [0.29, 0.717) is 6.61 Å². The molecule has 0 aromatic rings. The molecule has 2 N–H and O–H groups in total. The van der Waals surface area contributed by atoms with Crippen molar-refractivity contribution < 1.29 is 147 Å². The Hall–Kier alpha value is 3.33. The van der Waals surface area contributed by atoms with Gasteiger partial charge in [-0.15, -0.1) is 0 Å². The minimum absolute atomic E-state index is 0. The SMILES string of the molecule is CCOC(N)=O.[Na+].[Na+].[Na+].[Na+].[O-][Si]([O-])([O-])[O-]. The van der Waals surface area contributed by atoms with Crippen LogP contribution in [0.3, 0.4) is 0 Å².